The lowest BCUT2D eigenvalue weighted by Gasteiger charge is -2.38. The summed E-state index contributed by atoms with van der Waals surface area (Å²) in [5.74, 6) is 6.87. The first-order valence-electron chi connectivity index (χ1n) is 12.8. The molecule has 3 fully saturated rings. The van der Waals surface area contributed by atoms with Crippen LogP contribution in [0, 0.1) is 23.7 Å². The molecule has 1 saturated carbocycles. The molecule has 190 valence electrons. The molecule has 2 aliphatic heterocycles. The van der Waals surface area contributed by atoms with Crippen molar-refractivity contribution in [1.29, 1.82) is 0 Å². The number of rotatable bonds is 5. The second kappa shape index (κ2) is 9.84. The lowest BCUT2D eigenvalue weighted by Crippen LogP contribution is -2.51. The molecule has 9 heteroatoms. The van der Waals surface area contributed by atoms with Gasteiger partial charge in [-0.2, -0.15) is 9.61 Å². The van der Waals surface area contributed by atoms with Crippen LogP contribution in [-0.4, -0.2) is 74.7 Å². The zero-order chi connectivity index (χ0) is 25.4. The van der Waals surface area contributed by atoms with E-state index in [9.17, 15) is 9.59 Å². The van der Waals surface area contributed by atoms with Crippen molar-refractivity contribution in [2.75, 3.05) is 31.5 Å². The molecule has 5 rings (SSSR count). The Hall–Kier alpha value is -3.54. The maximum Gasteiger partial charge on any atom is 0.410 e. The third kappa shape index (κ3) is 4.52. The first-order chi connectivity index (χ1) is 17.4. The normalized spacial score (nSPS) is 25.1. The number of aromatic nitrogens is 3. The maximum absolute atomic E-state index is 13.0. The van der Waals surface area contributed by atoms with Gasteiger partial charge in [0, 0.05) is 43.7 Å². The van der Waals surface area contributed by atoms with Gasteiger partial charge in [0.05, 0.1) is 18.4 Å². The number of likely N-dealkylation sites (tertiary alicyclic amines) is 2. The van der Waals surface area contributed by atoms with E-state index in [1.54, 1.807) is 17.9 Å². The molecule has 0 spiro atoms. The monoisotopic (exact) mass is 490 g/mol. The Labute approximate surface area is 211 Å². The van der Waals surface area contributed by atoms with Crippen LogP contribution in [0.1, 0.15) is 57.2 Å². The van der Waals surface area contributed by atoms with Crippen molar-refractivity contribution in [3.05, 3.63) is 30.1 Å². The predicted molar refractivity (Wildman–Crippen MR) is 137 cm³/mol. The molecule has 1 aliphatic carbocycles. The number of ether oxygens (including phenoxy) is 1. The van der Waals surface area contributed by atoms with Crippen LogP contribution in [0.3, 0.4) is 0 Å². The van der Waals surface area contributed by atoms with Gasteiger partial charge in [-0.3, -0.25) is 4.79 Å². The minimum Gasteiger partial charge on any atom is -0.444 e. The van der Waals surface area contributed by atoms with Crippen molar-refractivity contribution >= 4 is 29.5 Å². The zero-order valence-corrected chi connectivity index (χ0v) is 21.2. The van der Waals surface area contributed by atoms with Crippen molar-refractivity contribution < 1.29 is 14.3 Å². The number of carbonyl (C=O) groups excluding carboxylic acids is 2. The number of hydrogen-bond donors (Lipinski definition) is 1. The molecule has 2 aromatic rings. The van der Waals surface area contributed by atoms with Crippen LogP contribution in [0.15, 0.2) is 18.8 Å². The van der Waals surface area contributed by atoms with Crippen molar-refractivity contribution in [2.24, 2.45) is 11.8 Å². The Morgan fingerprint density at radius 2 is 1.94 bits per heavy atom. The molecule has 4 heterocycles. The fourth-order valence-corrected chi connectivity index (χ4v) is 5.80. The lowest BCUT2D eigenvalue weighted by molar-refractivity contribution is -0.124. The molecular formula is C27H34N6O3. The van der Waals surface area contributed by atoms with E-state index in [1.165, 1.54) is 0 Å². The topological polar surface area (TPSA) is 92.1 Å². The van der Waals surface area contributed by atoms with E-state index in [2.05, 4.69) is 42.7 Å². The van der Waals surface area contributed by atoms with Gasteiger partial charge in [-0.05, 0) is 49.5 Å². The van der Waals surface area contributed by atoms with Crippen LogP contribution >= 0.6 is 0 Å². The summed E-state index contributed by atoms with van der Waals surface area (Å²) in [5, 5.41) is 8.37. The number of amides is 2. The Morgan fingerprint density at radius 1 is 1.19 bits per heavy atom. The standard InChI is InChI=1S/C27H34N6O3/c1-5-7-24(34)31-11-10-21(16-31)36-27(35)32-14-18-8-9-19(15-32)25(18)30-23-12-20(6-2)29-26-22(17(3)4)13-28-33(23)26/h6,12-13,17-19,21,25,30H,2,8-11,14-16H2,1,3-4H3. The summed E-state index contributed by atoms with van der Waals surface area (Å²) in [5.41, 5.74) is 2.78. The van der Waals surface area contributed by atoms with Gasteiger partial charge in [0.2, 0.25) is 0 Å². The van der Waals surface area contributed by atoms with Crippen LogP contribution in [-0.2, 0) is 9.53 Å². The highest BCUT2D eigenvalue weighted by Gasteiger charge is 2.44. The maximum atomic E-state index is 13.0. The molecule has 9 nitrogen and oxygen atoms in total. The Kier molecular flexibility index (Phi) is 6.61. The van der Waals surface area contributed by atoms with E-state index in [4.69, 9.17) is 9.72 Å². The molecule has 2 amide bonds. The SMILES string of the molecule is C=Cc1cc(NC2C3CCC2CN(C(=O)OC2CCN(C(=O)C#CC)C2)C3)n2ncc(C(C)C)c2n1. The second-order valence-corrected chi connectivity index (χ2v) is 10.4. The largest absolute Gasteiger partial charge is 0.444 e. The zero-order valence-electron chi connectivity index (χ0n) is 21.2. The van der Waals surface area contributed by atoms with E-state index in [0.29, 0.717) is 50.4 Å². The van der Waals surface area contributed by atoms with Crippen LogP contribution < -0.4 is 5.32 Å². The average Bonchev–Trinajstić information content (AvgIpc) is 3.55. The number of hydrogen-bond acceptors (Lipinski definition) is 6. The van der Waals surface area contributed by atoms with Gasteiger partial charge in [-0.25, -0.2) is 9.78 Å². The van der Waals surface area contributed by atoms with Crippen molar-refractivity contribution in [3.8, 4) is 11.8 Å². The minimum absolute atomic E-state index is 0.205. The van der Waals surface area contributed by atoms with E-state index >= 15 is 0 Å². The smallest absolute Gasteiger partial charge is 0.410 e. The molecule has 3 aliphatic rings. The van der Waals surface area contributed by atoms with Gasteiger partial charge in [0.15, 0.2) is 5.65 Å². The number of fused-ring (bicyclic) bond motifs is 3. The number of nitrogens with one attached hydrogen (secondary N) is 1. The van der Waals surface area contributed by atoms with Gasteiger partial charge < -0.3 is 19.9 Å². The Bertz CT molecular complexity index is 1230. The third-order valence-corrected chi connectivity index (χ3v) is 7.69. The molecule has 2 bridgehead atoms. The quantitative estimate of drug-likeness (QED) is 0.646. The van der Waals surface area contributed by atoms with E-state index in [-0.39, 0.29) is 24.1 Å². The summed E-state index contributed by atoms with van der Waals surface area (Å²) in [4.78, 5) is 33.2. The van der Waals surface area contributed by atoms with Crippen LogP contribution in [0.5, 0.6) is 0 Å². The van der Waals surface area contributed by atoms with E-state index < -0.39 is 0 Å². The molecular weight excluding hydrogens is 456 g/mol. The van der Waals surface area contributed by atoms with Crippen LogP contribution in [0.2, 0.25) is 0 Å². The lowest BCUT2D eigenvalue weighted by atomic mass is 9.92. The van der Waals surface area contributed by atoms with Gasteiger partial charge in [-0.15, -0.1) is 0 Å². The first kappa shape index (κ1) is 24.2. The highest BCUT2D eigenvalue weighted by atomic mass is 16.6. The molecule has 2 saturated heterocycles. The summed E-state index contributed by atoms with van der Waals surface area (Å²) < 4.78 is 7.68. The third-order valence-electron chi connectivity index (χ3n) is 7.69. The minimum atomic E-state index is -0.278. The highest BCUT2D eigenvalue weighted by Crippen LogP contribution is 2.39. The second-order valence-electron chi connectivity index (χ2n) is 10.4. The predicted octanol–water partition coefficient (Wildman–Crippen LogP) is 3.38. The molecule has 3 unspecified atom stereocenters. The van der Waals surface area contributed by atoms with E-state index in [1.807, 2.05) is 21.7 Å². The first-order valence-corrected chi connectivity index (χ1v) is 12.8. The van der Waals surface area contributed by atoms with Crippen molar-refractivity contribution in [2.45, 2.75) is 58.1 Å². The van der Waals surface area contributed by atoms with Crippen molar-refractivity contribution in [3.63, 3.8) is 0 Å². The highest BCUT2D eigenvalue weighted by molar-refractivity contribution is 5.93. The van der Waals surface area contributed by atoms with Gasteiger partial charge in [0.25, 0.3) is 5.91 Å². The molecule has 1 N–H and O–H groups in total. The number of carbonyl (C=O) groups is 2. The van der Waals surface area contributed by atoms with Gasteiger partial charge in [0.1, 0.15) is 11.9 Å². The summed E-state index contributed by atoms with van der Waals surface area (Å²) in [7, 11) is 0. The van der Waals surface area contributed by atoms with E-state index in [0.717, 1.165) is 35.6 Å². The molecule has 0 radical (unpaired) electrons. The van der Waals surface area contributed by atoms with Gasteiger partial charge in [-0.1, -0.05) is 26.3 Å². The fourth-order valence-electron chi connectivity index (χ4n) is 5.80. The number of piperidine rings is 1. The summed E-state index contributed by atoms with van der Waals surface area (Å²) >= 11 is 0. The molecule has 36 heavy (non-hydrogen) atoms. The van der Waals surface area contributed by atoms with Crippen molar-refractivity contribution in [1.82, 2.24) is 24.4 Å². The Morgan fingerprint density at radius 3 is 2.61 bits per heavy atom. The van der Waals surface area contributed by atoms with Gasteiger partial charge >= 0.3 is 6.09 Å². The summed E-state index contributed by atoms with van der Waals surface area (Å²) in [6, 6.07) is 2.24. The average molecular weight is 491 g/mol. The molecule has 3 atom stereocenters. The summed E-state index contributed by atoms with van der Waals surface area (Å²) in [6.45, 7) is 12.1. The fraction of sp³-hybridized carbons (Fsp3) is 0.556. The Balaban J connectivity index is 1.25. The van der Waals surface area contributed by atoms with Crippen LogP contribution in [0.4, 0.5) is 10.6 Å². The summed E-state index contributed by atoms with van der Waals surface area (Å²) in [6.07, 6.45) is 5.89. The number of anilines is 1. The molecule has 2 aromatic heterocycles. The molecule has 0 aromatic carbocycles. The van der Waals surface area contributed by atoms with Crippen LogP contribution in [0.25, 0.3) is 11.7 Å². The number of nitrogens with zero attached hydrogens (tertiary/aromatic N) is 5.